The van der Waals surface area contributed by atoms with Crippen LogP contribution in [-0.4, -0.2) is 35.1 Å². The van der Waals surface area contributed by atoms with Gasteiger partial charge in [0.25, 0.3) is 0 Å². The molecule has 0 amide bonds. The molecule has 1 aromatic heterocycles. The van der Waals surface area contributed by atoms with Crippen LogP contribution in [0.25, 0.3) is 0 Å². The summed E-state index contributed by atoms with van der Waals surface area (Å²) < 4.78 is 0. The molecule has 2 fully saturated rings. The highest BCUT2D eigenvalue weighted by Gasteiger charge is 2.37. The number of hydrogen-bond acceptors (Lipinski definition) is 3. The first-order valence-corrected chi connectivity index (χ1v) is 8.02. The largest absolute Gasteiger partial charge is 0.311 e. The highest BCUT2D eigenvalue weighted by molar-refractivity contribution is 5.21. The van der Waals surface area contributed by atoms with E-state index in [2.05, 4.69) is 42.0 Å². The van der Waals surface area contributed by atoms with Gasteiger partial charge in [-0.15, -0.1) is 0 Å². The summed E-state index contributed by atoms with van der Waals surface area (Å²) in [6, 6.07) is 3.48. The van der Waals surface area contributed by atoms with Crippen LogP contribution in [0.5, 0.6) is 0 Å². The van der Waals surface area contributed by atoms with E-state index >= 15 is 0 Å². The summed E-state index contributed by atoms with van der Waals surface area (Å²) in [6.45, 7) is 10.3. The smallest absolute Gasteiger partial charge is 0.0315 e. The molecule has 2 heterocycles. The Bertz CT molecular complexity index is 453. The van der Waals surface area contributed by atoms with Crippen molar-refractivity contribution in [3.8, 4) is 0 Å². The van der Waals surface area contributed by atoms with E-state index in [4.69, 9.17) is 0 Å². The number of nitrogens with zero attached hydrogens (tertiary/aromatic N) is 2. The van der Waals surface area contributed by atoms with Crippen LogP contribution in [0.4, 0.5) is 0 Å². The van der Waals surface area contributed by atoms with Crippen molar-refractivity contribution in [2.24, 2.45) is 11.8 Å². The quantitative estimate of drug-likeness (QED) is 0.914. The summed E-state index contributed by atoms with van der Waals surface area (Å²) in [5.41, 5.74) is 2.75. The van der Waals surface area contributed by atoms with Crippen molar-refractivity contribution in [1.82, 2.24) is 15.2 Å². The molecule has 2 unspecified atom stereocenters. The molecule has 1 aliphatic heterocycles. The van der Waals surface area contributed by atoms with Gasteiger partial charge in [-0.3, -0.25) is 9.88 Å². The number of aryl methyl sites for hydroxylation is 1. The van der Waals surface area contributed by atoms with Crippen molar-refractivity contribution >= 4 is 0 Å². The first-order chi connectivity index (χ1) is 9.65. The van der Waals surface area contributed by atoms with Crippen LogP contribution in [0.3, 0.4) is 0 Å². The molecule has 0 radical (unpaired) electrons. The highest BCUT2D eigenvalue weighted by Crippen LogP contribution is 2.35. The monoisotopic (exact) mass is 273 g/mol. The predicted octanol–water partition coefficient (Wildman–Crippen LogP) is 2.60. The van der Waals surface area contributed by atoms with Crippen molar-refractivity contribution in [3.05, 3.63) is 29.6 Å². The van der Waals surface area contributed by atoms with Crippen LogP contribution < -0.4 is 5.32 Å². The van der Waals surface area contributed by atoms with Gasteiger partial charge in [0.2, 0.25) is 0 Å². The van der Waals surface area contributed by atoms with E-state index in [1.54, 1.807) is 0 Å². The maximum Gasteiger partial charge on any atom is 0.0315 e. The molecule has 1 saturated carbocycles. The average Bonchev–Trinajstić information content (AvgIpc) is 3.25. The third-order valence-electron chi connectivity index (χ3n) is 4.97. The molecule has 1 aromatic rings. The molecule has 2 aliphatic rings. The van der Waals surface area contributed by atoms with Gasteiger partial charge in [0.1, 0.15) is 0 Å². The van der Waals surface area contributed by atoms with Crippen LogP contribution in [0.2, 0.25) is 0 Å². The van der Waals surface area contributed by atoms with E-state index in [0.717, 1.165) is 19.0 Å². The van der Waals surface area contributed by atoms with Crippen LogP contribution in [0.15, 0.2) is 18.5 Å². The Balaban J connectivity index is 1.73. The first-order valence-electron chi connectivity index (χ1n) is 8.02. The molecule has 0 spiro atoms. The second kappa shape index (κ2) is 5.82. The summed E-state index contributed by atoms with van der Waals surface area (Å²) in [5.74, 6) is 1.63. The minimum atomic E-state index is 0.643. The molecule has 0 bridgehead atoms. The van der Waals surface area contributed by atoms with E-state index in [1.807, 2.05) is 12.4 Å². The first kappa shape index (κ1) is 14.0. The topological polar surface area (TPSA) is 28.2 Å². The van der Waals surface area contributed by atoms with Gasteiger partial charge < -0.3 is 5.32 Å². The molecule has 1 N–H and O–H groups in total. The van der Waals surface area contributed by atoms with Crippen molar-refractivity contribution in [3.63, 3.8) is 0 Å². The maximum absolute atomic E-state index is 4.31. The molecule has 3 nitrogen and oxygen atoms in total. The van der Waals surface area contributed by atoms with E-state index in [1.165, 1.54) is 30.5 Å². The van der Waals surface area contributed by atoms with E-state index < -0.39 is 0 Å². The fourth-order valence-corrected chi connectivity index (χ4v) is 3.39. The van der Waals surface area contributed by atoms with Crippen LogP contribution in [-0.2, 0) is 6.54 Å². The molecule has 3 heteroatoms. The van der Waals surface area contributed by atoms with E-state index in [-0.39, 0.29) is 0 Å². The lowest BCUT2D eigenvalue weighted by atomic mass is 9.96. The van der Waals surface area contributed by atoms with Gasteiger partial charge in [0, 0.05) is 44.1 Å². The third-order valence-corrected chi connectivity index (χ3v) is 4.97. The van der Waals surface area contributed by atoms with E-state index in [9.17, 15) is 0 Å². The Kier molecular flexibility index (Phi) is 4.08. The average molecular weight is 273 g/mol. The number of pyridine rings is 1. The molecule has 110 valence electrons. The second-order valence-electron chi connectivity index (χ2n) is 6.90. The molecular weight excluding hydrogens is 246 g/mol. The van der Waals surface area contributed by atoms with Crippen molar-refractivity contribution in [2.75, 3.05) is 13.1 Å². The zero-order chi connectivity index (χ0) is 14.1. The van der Waals surface area contributed by atoms with Crippen molar-refractivity contribution in [1.29, 1.82) is 0 Å². The molecule has 1 saturated heterocycles. The molecular formula is C17H27N3. The molecule has 20 heavy (non-hydrogen) atoms. The summed E-state index contributed by atoms with van der Waals surface area (Å²) in [4.78, 5) is 6.99. The number of aromatic nitrogens is 1. The standard InChI is InChI=1S/C17H27N3/c1-12(2)17-9-19-16(14-4-5-14)11-20(17)10-15-8-18-7-6-13(15)3/h6-8,12,14,16-17,19H,4-5,9-11H2,1-3H3. The third kappa shape index (κ3) is 3.04. The second-order valence-corrected chi connectivity index (χ2v) is 6.90. The van der Waals surface area contributed by atoms with Gasteiger partial charge >= 0.3 is 0 Å². The fourth-order valence-electron chi connectivity index (χ4n) is 3.39. The number of hydrogen-bond donors (Lipinski definition) is 1. The highest BCUT2D eigenvalue weighted by atomic mass is 15.2. The van der Waals surface area contributed by atoms with Crippen LogP contribution in [0.1, 0.15) is 37.8 Å². The normalized spacial score (nSPS) is 28.0. The Hall–Kier alpha value is -0.930. The van der Waals surface area contributed by atoms with Crippen LogP contribution >= 0.6 is 0 Å². The van der Waals surface area contributed by atoms with Gasteiger partial charge in [0.05, 0.1) is 0 Å². The molecule has 0 aromatic carbocycles. The van der Waals surface area contributed by atoms with Crippen LogP contribution in [0, 0.1) is 18.8 Å². The lowest BCUT2D eigenvalue weighted by Gasteiger charge is -2.43. The van der Waals surface area contributed by atoms with E-state index in [0.29, 0.717) is 18.0 Å². The Labute approximate surface area is 122 Å². The molecule has 2 atom stereocenters. The Morgan fingerprint density at radius 2 is 2.20 bits per heavy atom. The fraction of sp³-hybridized carbons (Fsp3) is 0.706. The SMILES string of the molecule is Cc1ccncc1CN1CC(C2CC2)NCC1C(C)C. The minimum absolute atomic E-state index is 0.643. The summed E-state index contributed by atoms with van der Waals surface area (Å²) >= 11 is 0. The number of rotatable bonds is 4. The maximum atomic E-state index is 4.31. The van der Waals surface area contributed by atoms with Gasteiger partial charge in [-0.25, -0.2) is 0 Å². The van der Waals surface area contributed by atoms with Crippen molar-refractivity contribution < 1.29 is 0 Å². The van der Waals surface area contributed by atoms with Crippen molar-refractivity contribution in [2.45, 2.75) is 52.2 Å². The zero-order valence-electron chi connectivity index (χ0n) is 13.0. The number of piperazine rings is 1. The molecule has 1 aliphatic carbocycles. The summed E-state index contributed by atoms with van der Waals surface area (Å²) in [7, 11) is 0. The number of nitrogens with one attached hydrogen (secondary N) is 1. The minimum Gasteiger partial charge on any atom is -0.311 e. The van der Waals surface area contributed by atoms with Gasteiger partial charge in [-0.2, -0.15) is 0 Å². The summed E-state index contributed by atoms with van der Waals surface area (Å²) in [6.07, 6.45) is 6.78. The lowest BCUT2D eigenvalue weighted by Crippen LogP contribution is -2.58. The van der Waals surface area contributed by atoms with Gasteiger partial charge in [-0.1, -0.05) is 13.8 Å². The predicted molar refractivity (Wildman–Crippen MR) is 82.5 cm³/mol. The zero-order valence-corrected chi connectivity index (χ0v) is 13.0. The van der Waals surface area contributed by atoms with Gasteiger partial charge in [-0.05, 0) is 48.8 Å². The molecule has 3 rings (SSSR count). The Morgan fingerprint density at radius 3 is 2.85 bits per heavy atom. The van der Waals surface area contributed by atoms with Gasteiger partial charge in [0.15, 0.2) is 0 Å². The summed E-state index contributed by atoms with van der Waals surface area (Å²) in [5, 5.41) is 3.79. The Morgan fingerprint density at radius 1 is 1.40 bits per heavy atom. The lowest BCUT2D eigenvalue weighted by molar-refractivity contribution is 0.0849.